The number of phenolic OH excluding ortho intramolecular Hbond substituents is 1. The average molecular weight is 495 g/mol. The number of rotatable bonds is 5. The Hall–Kier alpha value is -3.16. The molecule has 0 unspecified atom stereocenters. The molecule has 0 saturated carbocycles. The predicted molar refractivity (Wildman–Crippen MR) is 129 cm³/mol. The zero-order valence-electron chi connectivity index (χ0n) is 16.6. The maximum absolute atomic E-state index is 12.8. The van der Waals surface area contributed by atoms with Crippen molar-refractivity contribution in [3.05, 3.63) is 94.5 Å². The van der Waals surface area contributed by atoms with Crippen molar-refractivity contribution < 1.29 is 13.5 Å². The summed E-state index contributed by atoms with van der Waals surface area (Å²) in [4.78, 5) is 4.62. The van der Waals surface area contributed by atoms with Gasteiger partial charge in [-0.1, -0.05) is 70.0 Å². The summed E-state index contributed by atoms with van der Waals surface area (Å²) in [6.45, 7) is 1.90. The Morgan fingerprint density at radius 3 is 2.32 bits per heavy atom. The second kappa shape index (κ2) is 8.53. The Balaban J connectivity index is 1.68. The highest BCUT2D eigenvalue weighted by Crippen LogP contribution is 2.34. The van der Waals surface area contributed by atoms with Gasteiger partial charge in [0.05, 0.1) is 16.3 Å². The number of aliphatic imine (C=N–C) groups is 1. The smallest absolute Gasteiger partial charge is 0.261 e. The number of para-hydroxylation sites is 2. The molecule has 7 heteroatoms. The minimum absolute atomic E-state index is 0.111. The topological polar surface area (TPSA) is 78.8 Å². The van der Waals surface area contributed by atoms with Crippen molar-refractivity contribution in [1.29, 1.82) is 0 Å². The fourth-order valence-corrected chi connectivity index (χ4v) is 4.83. The lowest BCUT2D eigenvalue weighted by Gasteiger charge is -2.11. The number of sulfonamides is 1. The lowest BCUT2D eigenvalue weighted by Crippen LogP contribution is -2.13. The minimum atomic E-state index is -3.76. The van der Waals surface area contributed by atoms with Crippen LogP contribution in [0, 0.1) is 6.92 Å². The molecule has 0 radical (unpaired) electrons. The van der Waals surface area contributed by atoms with Crippen molar-refractivity contribution in [2.75, 3.05) is 4.72 Å². The van der Waals surface area contributed by atoms with Gasteiger partial charge in [-0.2, -0.15) is 0 Å². The van der Waals surface area contributed by atoms with E-state index in [0.717, 1.165) is 15.4 Å². The molecule has 5 nitrogen and oxygen atoms in total. The van der Waals surface area contributed by atoms with E-state index in [1.54, 1.807) is 54.6 Å². The first-order valence-electron chi connectivity index (χ1n) is 9.48. The van der Waals surface area contributed by atoms with E-state index in [2.05, 4.69) is 25.6 Å². The van der Waals surface area contributed by atoms with Gasteiger partial charge in [0.2, 0.25) is 0 Å². The highest BCUT2D eigenvalue weighted by atomic mass is 79.9. The molecule has 4 aromatic carbocycles. The van der Waals surface area contributed by atoms with Crippen molar-refractivity contribution in [3.63, 3.8) is 0 Å². The zero-order valence-corrected chi connectivity index (χ0v) is 19.0. The number of aromatic hydroxyl groups is 1. The van der Waals surface area contributed by atoms with Gasteiger partial charge >= 0.3 is 0 Å². The molecule has 2 N–H and O–H groups in total. The lowest BCUT2D eigenvalue weighted by molar-refractivity contribution is 0.481. The van der Waals surface area contributed by atoms with Crippen LogP contribution in [0.2, 0.25) is 0 Å². The van der Waals surface area contributed by atoms with Crippen LogP contribution in [0.5, 0.6) is 5.75 Å². The summed E-state index contributed by atoms with van der Waals surface area (Å²) in [7, 11) is -3.76. The summed E-state index contributed by atoms with van der Waals surface area (Å²) in [6, 6.07) is 22.8. The van der Waals surface area contributed by atoms with Crippen molar-refractivity contribution in [2.45, 2.75) is 11.8 Å². The Kier molecular flexibility index (Phi) is 5.80. The van der Waals surface area contributed by atoms with E-state index in [4.69, 9.17) is 0 Å². The third-order valence-electron chi connectivity index (χ3n) is 4.82. The molecule has 0 heterocycles. The van der Waals surface area contributed by atoms with Crippen LogP contribution < -0.4 is 4.72 Å². The van der Waals surface area contributed by atoms with Gasteiger partial charge in [-0.25, -0.2) is 8.42 Å². The maximum Gasteiger partial charge on any atom is 0.261 e. The summed E-state index contributed by atoms with van der Waals surface area (Å²) in [5.41, 5.74) is 2.27. The van der Waals surface area contributed by atoms with Crippen molar-refractivity contribution in [1.82, 2.24) is 0 Å². The lowest BCUT2D eigenvalue weighted by atomic mass is 10.1. The van der Waals surface area contributed by atoms with Crippen LogP contribution in [-0.4, -0.2) is 19.7 Å². The first-order valence-corrected chi connectivity index (χ1v) is 11.8. The monoisotopic (exact) mass is 494 g/mol. The van der Waals surface area contributed by atoms with Crippen molar-refractivity contribution in [3.8, 4) is 5.75 Å². The number of hydrogen-bond acceptors (Lipinski definition) is 4. The molecule has 0 aliphatic rings. The number of anilines is 1. The molecule has 4 rings (SSSR count). The van der Waals surface area contributed by atoms with E-state index in [-0.39, 0.29) is 10.6 Å². The third kappa shape index (κ3) is 4.47. The van der Waals surface area contributed by atoms with Crippen LogP contribution in [0.3, 0.4) is 0 Å². The molecule has 156 valence electrons. The van der Waals surface area contributed by atoms with Gasteiger partial charge in [0, 0.05) is 21.6 Å². The van der Waals surface area contributed by atoms with Gasteiger partial charge in [0.1, 0.15) is 5.75 Å². The summed E-state index contributed by atoms with van der Waals surface area (Å²) in [6.07, 6.45) is 1.52. The van der Waals surface area contributed by atoms with E-state index in [1.807, 2.05) is 31.2 Å². The van der Waals surface area contributed by atoms with Gasteiger partial charge in [0.15, 0.2) is 0 Å². The van der Waals surface area contributed by atoms with Crippen molar-refractivity contribution in [2.24, 2.45) is 4.99 Å². The fourth-order valence-electron chi connectivity index (χ4n) is 3.17. The number of fused-ring (bicyclic) bond motifs is 1. The number of hydrogen-bond donors (Lipinski definition) is 2. The van der Waals surface area contributed by atoms with Crippen LogP contribution >= 0.6 is 15.9 Å². The zero-order chi connectivity index (χ0) is 22.0. The number of nitrogens with one attached hydrogen (secondary N) is 1. The Labute approximate surface area is 189 Å². The molecule has 0 saturated heterocycles. The summed E-state index contributed by atoms with van der Waals surface area (Å²) in [5, 5.41) is 12.2. The second-order valence-electron chi connectivity index (χ2n) is 7.04. The number of benzene rings is 4. The van der Waals surface area contributed by atoms with Crippen LogP contribution in [-0.2, 0) is 10.0 Å². The molecular weight excluding hydrogens is 476 g/mol. The van der Waals surface area contributed by atoms with E-state index in [0.29, 0.717) is 22.3 Å². The number of halogens is 1. The summed E-state index contributed by atoms with van der Waals surface area (Å²) < 4.78 is 29.0. The molecule has 0 fully saturated rings. The number of aryl methyl sites for hydroxylation is 1. The second-order valence-corrected chi connectivity index (χ2v) is 9.57. The number of nitrogens with zero attached hydrogens (tertiary/aromatic N) is 1. The molecule has 0 aliphatic heterocycles. The number of phenols is 1. The standard InChI is InChI=1S/C24H19BrN2O3S/c1-16-10-12-18(13-11-16)31(29,30)27-23-9-5-4-8-22(23)26-15-17-14-21(25)19-6-2-3-7-20(19)24(17)28/h2-15,27-28H,1H3. The Morgan fingerprint density at radius 2 is 1.58 bits per heavy atom. The van der Waals surface area contributed by atoms with Crippen molar-refractivity contribution >= 4 is 54.3 Å². The molecule has 0 amide bonds. The minimum Gasteiger partial charge on any atom is -0.507 e. The van der Waals surface area contributed by atoms with Gasteiger partial charge in [-0.05, 0) is 42.6 Å². The predicted octanol–water partition coefficient (Wildman–Crippen LogP) is 6.17. The molecule has 0 aromatic heterocycles. The Bertz CT molecular complexity index is 1400. The molecule has 0 spiro atoms. The molecular formula is C24H19BrN2O3S. The van der Waals surface area contributed by atoms with E-state index >= 15 is 0 Å². The van der Waals surface area contributed by atoms with E-state index < -0.39 is 10.0 Å². The molecule has 31 heavy (non-hydrogen) atoms. The quantitative estimate of drug-likeness (QED) is 0.325. The van der Waals surface area contributed by atoms with Gasteiger partial charge in [-0.3, -0.25) is 9.71 Å². The largest absolute Gasteiger partial charge is 0.507 e. The van der Waals surface area contributed by atoms with Crippen LogP contribution in [0.4, 0.5) is 11.4 Å². The SMILES string of the molecule is Cc1ccc(S(=O)(=O)Nc2ccccc2N=Cc2cc(Br)c3ccccc3c2O)cc1. The van der Waals surface area contributed by atoms with Gasteiger partial charge < -0.3 is 5.11 Å². The fraction of sp³-hybridized carbons (Fsp3) is 0.0417. The van der Waals surface area contributed by atoms with Crippen LogP contribution in [0.25, 0.3) is 10.8 Å². The average Bonchev–Trinajstić information content (AvgIpc) is 2.76. The third-order valence-corrected chi connectivity index (χ3v) is 6.86. The highest BCUT2D eigenvalue weighted by molar-refractivity contribution is 9.10. The Morgan fingerprint density at radius 1 is 0.935 bits per heavy atom. The van der Waals surface area contributed by atoms with Crippen LogP contribution in [0.15, 0.2) is 93.2 Å². The summed E-state index contributed by atoms with van der Waals surface area (Å²) >= 11 is 3.53. The molecule has 4 aromatic rings. The first kappa shape index (κ1) is 21.1. The van der Waals surface area contributed by atoms with E-state index in [9.17, 15) is 13.5 Å². The molecule has 0 bridgehead atoms. The first-order chi connectivity index (χ1) is 14.8. The highest BCUT2D eigenvalue weighted by Gasteiger charge is 2.16. The molecule has 0 atom stereocenters. The molecule has 0 aliphatic carbocycles. The van der Waals surface area contributed by atoms with E-state index in [1.165, 1.54) is 6.21 Å². The van der Waals surface area contributed by atoms with Crippen LogP contribution in [0.1, 0.15) is 11.1 Å². The van der Waals surface area contributed by atoms with Gasteiger partial charge in [0.25, 0.3) is 10.0 Å². The summed E-state index contributed by atoms with van der Waals surface area (Å²) in [5.74, 6) is 0.111. The normalized spacial score (nSPS) is 11.8. The maximum atomic E-state index is 12.8. The van der Waals surface area contributed by atoms with Gasteiger partial charge in [-0.15, -0.1) is 0 Å².